The second kappa shape index (κ2) is 9.39. The molecule has 134 valence electrons. The number of nitrogens with one attached hydrogen (secondary N) is 3. The second-order valence-electron chi connectivity index (χ2n) is 5.48. The number of carbonyl (C=O) groups is 1. The smallest absolute Gasteiger partial charge is 0.340 e. The largest absolute Gasteiger partial charge is 0.462 e. The van der Waals surface area contributed by atoms with Gasteiger partial charge in [0.05, 0.1) is 30.2 Å². The number of aryl methyl sites for hydroxylation is 1. The molecular formula is C16H26N4O3S. The third-order valence-corrected chi connectivity index (χ3v) is 3.61. The number of nitrogens with zero attached hydrogens (tertiary/aromatic N) is 1. The van der Waals surface area contributed by atoms with Crippen LogP contribution in [0.3, 0.4) is 0 Å². The topological polar surface area (TPSA) is 87.7 Å². The van der Waals surface area contributed by atoms with Crippen LogP contribution < -0.4 is 10.7 Å². The Morgan fingerprint density at radius 1 is 1.42 bits per heavy atom. The number of hydrogen-bond donors (Lipinski definition) is 3. The summed E-state index contributed by atoms with van der Waals surface area (Å²) in [4.78, 5) is 15.2. The highest BCUT2D eigenvalue weighted by Crippen LogP contribution is 2.19. The zero-order valence-corrected chi connectivity index (χ0v) is 15.9. The van der Waals surface area contributed by atoms with E-state index in [1.165, 1.54) is 0 Å². The highest BCUT2D eigenvalue weighted by molar-refractivity contribution is 7.80. The molecule has 1 aromatic heterocycles. The molecule has 3 N–H and O–H groups in total. The standard InChI is InChI=1S/C16H26N4O3S/c1-7-23-15(21)13-10(3)14(18-11(13)4)12(5)19-20-16(24)17-9(2)8-22-6/h9,18H,7-8H2,1-6H3,(H2,17,20,24)/b19-12+/t9-/m1/s1. The van der Waals surface area contributed by atoms with Gasteiger partial charge in [-0.05, 0) is 52.4 Å². The van der Waals surface area contributed by atoms with E-state index in [0.29, 0.717) is 29.6 Å². The van der Waals surface area contributed by atoms with Crippen LogP contribution in [0.5, 0.6) is 0 Å². The molecule has 24 heavy (non-hydrogen) atoms. The van der Waals surface area contributed by atoms with Crippen molar-refractivity contribution in [1.29, 1.82) is 0 Å². The molecule has 1 rings (SSSR count). The molecule has 0 spiro atoms. The summed E-state index contributed by atoms with van der Waals surface area (Å²) < 4.78 is 10.1. The third kappa shape index (κ3) is 5.31. The lowest BCUT2D eigenvalue weighted by molar-refractivity contribution is 0.0525. The molecule has 0 aromatic carbocycles. The summed E-state index contributed by atoms with van der Waals surface area (Å²) in [6.45, 7) is 10.2. The van der Waals surface area contributed by atoms with Crippen molar-refractivity contribution in [2.45, 2.75) is 40.7 Å². The Bertz CT molecular complexity index is 625. The molecule has 1 heterocycles. The maximum atomic E-state index is 12.0. The van der Waals surface area contributed by atoms with E-state index in [9.17, 15) is 4.79 Å². The molecule has 0 saturated heterocycles. The first kappa shape index (κ1) is 20.1. The van der Waals surface area contributed by atoms with Gasteiger partial charge in [-0.3, -0.25) is 5.43 Å². The summed E-state index contributed by atoms with van der Waals surface area (Å²) in [6, 6.07) is 0.0791. The minimum Gasteiger partial charge on any atom is -0.462 e. The highest BCUT2D eigenvalue weighted by Gasteiger charge is 2.20. The fourth-order valence-electron chi connectivity index (χ4n) is 2.36. The number of methoxy groups -OCH3 is 1. The second-order valence-corrected chi connectivity index (χ2v) is 5.89. The third-order valence-electron chi connectivity index (χ3n) is 3.40. The average molecular weight is 354 g/mol. The van der Waals surface area contributed by atoms with Gasteiger partial charge < -0.3 is 19.8 Å². The molecule has 7 nitrogen and oxygen atoms in total. The molecule has 0 amide bonds. The predicted molar refractivity (Wildman–Crippen MR) is 98.6 cm³/mol. The van der Waals surface area contributed by atoms with Gasteiger partial charge in [-0.25, -0.2) is 4.79 Å². The quantitative estimate of drug-likeness (QED) is 0.301. The Hall–Kier alpha value is -1.93. The van der Waals surface area contributed by atoms with Gasteiger partial charge in [-0.15, -0.1) is 0 Å². The molecule has 8 heteroatoms. The lowest BCUT2D eigenvalue weighted by Gasteiger charge is -2.14. The van der Waals surface area contributed by atoms with Crippen LogP contribution in [-0.4, -0.2) is 48.1 Å². The number of H-pyrrole nitrogens is 1. The van der Waals surface area contributed by atoms with Gasteiger partial charge >= 0.3 is 5.97 Å². The Balaban J connectivity index is 2.84. The van der Waals surface area contributed by atoms with Gasteiger partial charge in [0.15, 0.2) is 5.11 Å². The fourth-order valence-corrected chi connectivity index (χ4v) is 2.61. The number of rotatable bonds is 7. The number of ether oxygens (including phenoxy) is 2. The maximum absolute atomic E-state index is 12.0. The van der Waals surface area contributed by atoms with Crippen LogP contribution >= 0.6 is 12.2 Å². The first-order valence-corrected chi connectivity index (χ1v) is 8.18. The van der Waals surface area contributed by atoms with Crippen molar-refractivity contribution in [1.82, 2.24) is 15.7 Å². The highest BCUT2D eigenvalue weighted by atomic mass is 32.1. The predicted octanol–water partition coefficient (Wildman–Crippen LogP) is 2.03. The zero-order valence-electron chi connectivity index (χ0n) is 15.1. The maximum Gasteiger partial charge on any atom is 0.340 e. The number of hydrazone groups is 1. The number of thiocarbonyl (C=S) groups is 1. The van der Waals surface area contributed by atoms with E-state index in [1.54, 1.807) is 14.0 Å². The molecule has 0 unspecified atom stereocenters. The Morgan fingerprint density at radius 2 is 2.08 bits per heavy atom. The Labute approximate surface area is 148 Å². The van der Waals surface area contributed by atoms with Crippen LogP contribution in [0.25, 0.3) is 0 Å². The van der Waals surface area contributed by atoms with E-state index < -0.39 is 0 Å². The van der Waals surface area contributed by atoms with Crippen molar-refractivity contribution in [3.05, 3.63) is 22.5 Å². The Kier molecular flexibility index (Phi) is 7.87. The molecule has 0 radical (unpaired) electrons. The summed E-state index contributed by atoms with van der Waals surface area (Å²) >= 11 is 5.18. The van der Waals surface area contributed by atoms with Gasteiger partial charge in [-0.2, -0.15) is 5.10 Å². The van der Waals surface area contributed by atoms with Crippen LogP contribution in [-0.2, 0) is 9.47 Å². The number of aromatic amines is 1. The average Bonchev–Trinajstić information content (AvgIpc) is 2.80. The zero-order chi connectivity index (χ0) is 18.3. The first-order valence-electron chi connectivity index (χ1n) is 7.78. The SMILES string of the molecule is CCOC(=O)c1c(C)[nH]c(/C(C)=N/NC(=S)N[C@H](C)COC)c1C. The van der Waals surface area contributed by atoms with E-state index in [2.05, 4.69) is 20.8 Å². The molecule has 0 bridgehead atoms. The van der Waals surface area contributed by atoms with Crippen LogP contribution in [0.2, 0.25) is 0 Å². The van der Waals surface area contributed by atoms with E-state index >= 15 is 0 Å². The van der Waals surface area contributed by atoms with Gasteiger partial charge in [0.2, 0.25) is 0 Å². The molecule has 0 aliphatic heterocycles. The Morgan fingerprint density at radius 3 is 2.67 bits per heavy atom. The van der Waals surface area contributed by atoms with Gasteiger partial charge in [0, 0.05) is 18.8 Å². The van der Waals surface area contributed by atoms with Gasteiger partial charge in [0.25, 0.3) is 0 Å². The minimum atomic E-state index is -0.332. The molecule has 1 aromatic rings. The number of carbonyl (C=O) groups excluding carboxylic acids is 1. The van der Waals surface area contributed by atoms with E-state index in [1.807, 2.05) is 27.7 Å². The van der Waals surface area contributed by atoms with Crippen LogP contribution in [0.4, 0.5) is 0 Å². The number of hydrogen-bond acceptors (Lipinski definition) is 5. The van der Waals surface area contributed by atoms with Crippen LogP contribution in [0.15, 0.2) is 5.10 Å². The molecule has 1 atom stereocenters. The molecule has 0 fully saturated rings. The lowest BCUT2D eigenvalue weighted by atomic mass is 10.1. The molecule has 0 saturated carbocycles. The van der Waals surface area contributed by atoms with Crippen LogP contribution in [0.1, 0.15) is 48.1 Å². The number of esters is 1. The summed E-state index contributed by atoms with van der Waals surface area (Å²) in [5.41, 5.74) is 6.37. The van der Waals surface area contributed by atoms with Gasteiger partial charge in [-0.1, -0.05) is 0 Å². The van der Waals surface area contributed by atoms with Crippen molar-refractivity contribution in [3.8, 4) is 0 Å². The lowest BCUT2D eigenvalue weighted by Crippen LogP contribution is -2.40. The van der Waals surface area contributed by atoms with E-state index in [4.69, 9.17) is 21.7 Å². The molecule has 0 aliphatic rings. The van der Waals surface area contributed by atoms with E-state index in [-0.39, 0.29) is 12.0 Å². The molecular weight excluding hydrogens is 328 g/mol. The monoisotopic (exact) mass is 354 g/mol. The number of aromatic nitrogens is 1. The van der Waals surface area contributed by atoms with Crippen LogP contribution in [0, 0.1) is 13.8 Å². The fraction of sp³-hybridized carbons (Fsp3) is 0.562. The summed E-state index contributed by atoms with van der Waals surface area (Å²) in [5, 5.41) is 7.73. The van der Waals surface area contributed by atoms with Gasteiger partial charge in [0.1, 0.15) is 0 Å². The van der Waals surface area contributed by atoms with Crippen molar-refractivity contribution in [3.63, 3.8) is 0 Å². The summed E-state index contributed by atoms with van der Waals surface area (Å²) in [7, 11) is 1.63. The van der Waals surface area contributed by atoms with E-state index in [0.717, 1.165) is 17.0 Å². The van der Waals surface area contributed by atoms with Crippen molar-refractivity contribution in [2.75, 3.05) is 20.3 Å². The summed E-state index contributed by atoms with van der Waals surface area (Å²) in [5.74, 6) is -0.332. The first-order chi connectivity index (χ1) is 11.3. The van der Waals surface area contributed by atoms with Crippen molar-refractivity contribution in [2.24, 2.45) is 5.10 Å². The van der Waals surface area contributed by atoms with Crippen molar-refractivity contribution < 1.29 is 14.3 Å². The normalized spacial score (nSPS) is 12.7. The minimum absolute atomic E-state index is 0.0791. The molecule has 0 aliphatic carbocycles. The summed E-state index contributed by atoms with van der Waals surface area (Å²) in [6.07, 6.45) is 0. The van der Waals surface area contributed by atoms with Crippen molar-refractivity contribution >= 4 is 29.0 Å².